The average Bonchev–Trinajstić information content (AvgIpc) is 2.95. The molecular formula is C14H18N6O. The number of hydrogen-bond donors (Lipinski definition) is 2. The van der Waals surface area contributed by atoms with Crippen molar-refractivity contribution in [3.8, 4) is 5.75 Å². The Morgan fingerprint density at radius 1 is 1.33 bits per heavy atom. The molecule has 0 bridgehead atoms. The summed E-state index contributed by atoms with van der Waals surface area (Å²) in [6.07, 6.45) is 1.18. The van der Waals surface area contributed by atoms with Crippen molar-refractivity contribution in [3.63, 3.8) is 0 Å². The van der Waals surface area contributed by atoms with Gasteiger partial charge in [0.25, 0.3) is 0 Å². The van der Waals surface area contributed by atoms with E-state index in [1.165, 1.54) is 0 Å². The van der Waals surface area contributed by atoms with Gasteiger partial charge in [0.15, 0.2) is 11.8 Å². The number of fused-ring (bicyclic) bond motifs is 1. The molecule has 1 aromatic heterocycles. The van der Waals surface area contributed by atoms with Crippen molar-refractivity contribution in [2.45, 2.75) is 6.29 Å². The van der Waals surface area contributed by atoms with Gasteiger partial charge in [0.2, 0.25) is 0 Å². The van der Waals surface area contributed by atoms with Crippen molar-refractivity contribution in [2.75, 3.05) is 26.1 Å². The molecule has 1 aliphatic rings. The van der Waals surface area contributed by atoms with E-state index in [1.807, 2.05) is 48.2 Å². The summed E-state index contributed by atoms with van der Waals surface area (Å²) in [7, 11) is 5.55. The van der Waals surface area contributed by atoms with Crippen LogP contribution in [-0.2, 0) is 0 Å². The fourth-order valence-electron chi connectivity index (χ4n) is 2.40. The number of nitrogens with two attached hydrogens (primary N) is 1. The molecule has 21 heavy (non-hydrogen) atoms. The quantitative estimate of drug-likeness (QED) is 0.789. The lowest BCUT2D eigenvalue weighted by Crippen LogP contribution is -2.52. The van der Waals surface area contributed by atoms with E-state index in [1.54, 1.807) is 13.4 Å². The predicted octanol–water partition coefficient (Wildman–Crippen LogP) is -0.572. The molecule has 0 aliphatic carbocycles. The zero-order valence-corrected chi connectivity index (χ0v) is 12.2. The van der Waals surface area contributed by atoms with Gasteiger partial charge in [0.05, 0.1) is 13.4 Å². The lowest BCUT2D eigenvalue weighted by molar-refractivity contribution is 0.340. The summed E-state index contributed by atoms with van der Waals surface area (Å²) in [6.45, 7) is 0. The summed E-state index contributed by atoms with van der Waals surface area (Å²) in [5.41, 5.74) is 7.70. The zero-order chi connectivity index (χ0) is 15.0. The summed E-state index contributed by atoms with van der Waals surface area (Å²) in [5, 5.41) is 0.859. The van der Waals surface area contributed by atoms with E-state index < -0.39 is 6.29 Å². The Morgan fingerprint density at radius 3 is 2.71 bits per heavy atom. The van der Waals surface area contributed by atoms with Crippen molar-refractivity contribution in [2.24, 2.45) is 10.7 Å². The Labute approximate surface area is 122 Å². The van der Waals surface area contributed by atoms with Crippen LogP contribution in [0.3, 0.4) is 0 Å². The number of rotatable bonds is 3. The lowest BCUT2D eigenvalue weighted by Gasteiger charge is -2.34. The number of anilines is 1. The molecule has 3 N–H and O–H groups in total. The molecule has 2 aromatic rings. The van der Waals surface area contributed by atoms with E-state index in [0.717, 1.165) is 22.6 Å². The maximum absolute atomic E-state index is 6.04. The van der Waals surface area contributed by atoms with Gasteiger partial charge in [-0.15, -0.1) is 0 Å². The van der Waals surface area contributed by atoms with E-state index in [4.69, 9.17) is 10.5 Å². The van der Waals surface area contributed by atoms with E-state index >= 15 is 0 Å². The molecule has 7 nitrogen and oxygen atoms in total. The molecule has 110 valence electrons. The molecule has 0 spiro atoms. The van der Waals surface area contributed by atoms with E-state index in [-0.39, 0.29) is 0 Å². The highest BCUT2D eigenvalue weighted by Gasteiger charge is 2.22. The smallest absolute Gasteiger partial charge is 0.179 e. The van der Waals surface area contributed by atoms with Crippen LogP contribution in [0.5, 0.6) is 5.75 Å². The Hall–Kier alpha value is -2.54. The van der Waals surface area contributed by atoms with Crippen molar-refractivity contribution >= 4 is 11.5 Å². The van der Waals surface area contributed by atoms with Crippen molar-refractivity contribution in [1.29, 1.82) is 0 Å². The summed E-state index contributed by atoms with van der Waals surface area (Å²) in [5.74, 6) is 1.75. The minimum atomic E-state index is -0.448. The van der Waals surface area contributed by atoms with Gasteiger partial charge < -0.3 is 19.5 Å². The SMILES string of the molecule is COc1ccc(N(C)C2=c3[nH]cnc3=NC(N)N2C)cc1. The monoisotopic (exact) mass is 286 g/mol. The number of nitrogens with zero attached hydrogens (tertiary/aromatic N) is 4. The minimum absolute atomic E-state index is 0.448. The number of aromatic nitrogens is 2. The topological polar surface area (TPSA) is 82.8 Å². The van der Waals surface area contributed by atoms with E-state index in [0.29, 0.717) is 5.49 Å². The molecule has 0 saturated heterocycles. The predicted molar refractivity (Wildman–Crippen MR) is 79.9 cm³/mol. The van der Waals surface area contributed by atoms with Crippen LogP contribution in [0.15, 0.2) is 35.6 Å². The fraction of sp³-hybridized carbons (Fsp3) is 0.286. The molecule has 0 amide bonds. The molecule has 0 radical (unpaired) electrons. The van der Waals surface area contributed by atoms with Crippen molar-refractivity contribution in [3.05, 3.63) is 41.4 Å². The molecular weight excluding hydrogens is 268 g/mol. The first-order chi connectivity index (χ1) is 10.1. The molecule has 2 heterocycles. The van der Waals surface area contributed by atoms with Gasteiger partial charge in [-0.25, -0.2) is 9.98 Å². The maximum atomic E-state index is 6.04. The second-order valence-electron chi connectivity index (χ2n) is 4.84. The number of hydrogen-bond acceptors (Lipinski definition) is 6. The number of aromatic amines is 1. The number of nitrogens with one attached hydrogen (secondary N) is 1. The highest BCUT2D eigenvalue weighted by Crippen LogP contribution is 2.23. The maximum Gasteiger partial charge on any atom is 0.179 e. The van der Waals surface area contributed by atoms with Gasteiger partial charge in [0.1, 0.15) is 16.9 Å². The summed E-state index contributed by atoms with van der Waals surface area (Å²) in [4.78, 5) is 15.6. The molecule has 1 unspecified atom stereocenters. The molecule has 1 aliphatic heterocycles. The van der Waals surface area contributed by atoms with Crippen molar-refractivity contribution in [1.82, 2.24) is 14.9 Å². The molecule has 3 rings (SSSR count). The normalized spacial score (nSPS) is 17.2. The number of methoxy groups -OCH3 is 1. The van der Waals surface area contributed by atoms with Crippen LogP contribution in [0.2, 0.25) is 0 Å². The van der Waals surface area contributed by atoms with Crippen LogP contribution in [0, 0.1) is 0 Å². The summed E-state index contributed by atoms with van der Waals surface area (Å²) in [6, 6.07) is 7.83. The average molecular weight is 286 g/mol. The first-order valence-electron chi connectivity index (χ1n) is 6.59. The molecule has 0 fully saturated rings. The third-order valence-corrected chi connectivity index (χ3v) is 3.61. The molecule has 1 aromatic carbocycles. The fourth-order valence-corrected chi connectivity index (χ4v) is 2.40. The van der Waals surface area contributed by atoms with Crippen LogP contribution < -0.4 is 26.2 Å². The summed E-state index contributed by atoms with van der Waals surface area (Å²) >= 11 is 0. The third kappa shape index (κ3) is 2.21. The van der Waals surface area contributed by atoms with E-state index in [9.17, 15) is 0 Å². The Balaban J connectivity index is 2.09. The second-order valence-corrected chi connectivity index (χ2v) is 4.84. The molecule has 0 saturated carbocycles. The lowest BCUT2D eigenvalue weighted by atomic mass is 10.2. The molecule has 7 heteroatoms. The number of imidazole rings is 1. The van der Waals surface area contributed by atoms with Gasteiger partial charge in [0, 0.05) is 19.8 Å². The van der Waals surface area contributed by atoms with Gasteiger partial charge in [-0.05, 0) is 24.3 Å². The Bertz CT molecular complexity index is 751. The second kappa shape index (κ2) is 5.10. The Morgan fingerprint density at radius 2 is 2.05 bits per heavy atom. The van der Waals surface area contributed by atoms with Crippen LogP contribution in [0.4, 0.5) is 5.69 Å². The summed E-state index contributed by atoms with van der Waals surface area (Å²) < 4.78 is 5.19. The van der Waals surface area contributed by atoms with Gasteiger partial charge in [-0.2, -0.15) is 0 Å². The van der Waals surface area contributed by atoms with Crippen LogP contribution in [0.1, 0.15) is 0 Å². The highest BCUT2D eigenvalue weighted by molar-refractivity contribution is 5.66. The first kappa shape index (κ1) is 13.4. The number of ether oxygens (including phenoxy) is 1. The van der Waals surface area contributed by atoms with Crippen molar-refractivity contribution < 1.29 is 4.74 Å². The number of H-pyrrole nitrogens is 1. The van der Waals surface area contributed by atoms with Gasteiger partial charge in [-0.1, -0.05) is 0 Å². The van der Waals surface area contributed by atoms with Gasteiger partial charge >= 0.3 is 0 Å². The van der Waals surface area contributed by atoms with E-state index in [2.05, 4.69) is 15.0 Å². The van der Waals surface area contributed by atoms with Crippen LogP contribution in [-0.4, -0.2) is 42.4 Å². The van der Waals surface area contributed by atoms with Crippen LogP contribution in [0.25, 0.3) is 5.82 Å². The zero-order valence-electron chi connectivity index (χ0n) is 12.2. The third-order valence-electron chi connectivity index (χ3n) is 3.61. The largest absolute Gasteiger partial charge is 0.497 e. The molecule has 1 atom stereocenters. The van der Waals surface area contributed by atoms with Crippen LogP contribution >= 0.6 is 0 Å². The highest BCUT2D eigenvalue weighted by atomic mass is 16.5. The minimum Gasteiger partial charge on any atom is -0.497 e. The van der Waals surface area contributed by atoms with Gasteiger partial charge in [-0.3, -0.25) is 5.73 Å². The Kier molecular flexibility index (Phi) is 3.26. The number of benzene rings is 1. The standard InChI is InChI=1S/C14H18N6O/c1-19(9-4-6-10(21-3)7-5-9)13-11-12(17-8-16-11)18-14(15)20(13)2/h4-8,14H,15H2,1-3H3,(H,16,17,18). The first-order valence-corrected chi connectivity index (χ1v) is 6.59.